The standard InChI is InChI=1S/C23H35F3N4O3/c1-13(2)11-19(20(31)16-12-15(14(3)4)8-9-17(16)28)29-21(32)18(7-5-6-10-27)30-22(33)23(24,25)26/h8-9,12-14,18-19H,5-7,10-11,27-28H2,1-4H3,(H,29,32)(H,30,33)/t18-,19-/m0/s1. The van der Waals surface area contributed by atoms with Crippen LogP contribution in [0.5, 0.6) is 0 Å². The van der Waals surface area contributed by atoms with Crippen molar-refractivity contribution in [2.24, 2.45) is 11.7 Å². The fourth-order valence-corrected chi connectivity index (χ4v) is 3.31. The third-order valence-electron chi connectivity index (χ3n) is 5.18. The van der Waals surface area contributed by atoms with Crippen molar-refractivity contribution in [2.75, 3.05) is 12.3 Å². The lowest BCUT2D eigenvalue weighted by atomic mass is 9.91. The summed E-state index contributed by atoms with van der Waals surface area (Å²) in [7, 11) is 0. The van der Waals surface area contributed by atoms with Gasteiger partial charge in [-0.2, -0.15) is 13.2 Å². The van der Waals surface area contributed by atoms with Crippen LogP contribution in [0.1, 0.15) is 75.2 Å². The quantitative estimate of drug-likeness (QED) is 0.211. The Kier molecular flexibility index (Phi) is 10.8. The van der Waals surface area contributed by atoms with Crippen LogP contribution in [0.2, 0.25) is 0 Å². The minimum atomic E-state index is -5.13. The summed E-state index contributed by atoms with van der Waals surface area (Å²) in [5, 5.41) is 4.28. The summed E-state index contributed by atoms with van der Waals surface area (Å²) in [5.41, 5.74) is 12.8. The maximum absolute atomic E-state index is 13.3. The molecule has 6 N–H and O–H groups in total. The highest BCUT2D eigenvalue weighted by atomic mass is 19.4. The van der Waals surface area contributed by atoms with E-state index in [2.05, 4.69) is 5.32 Å². The molecule has 0 fully saturated rings. The van der Waals surface area contributed by atoms with Crippen molar-refractivity contribution >= 4 is 23.3 Å². The second-order valence-corrected chi connectivity index (χ2v) is 8.86. The Balaban J connectivity index is 3.17. The van der Waals surface area contributed by atoms with Gasteiger partial charge >= 0.3 is 12.1 Å². The van der Waals surface area contributed by atoms with Crippen LogP contribution in [-0.4, -0.2) is 42.4 Å². The van der Waals surface area contributed by atoms with Crippen molar-refractivity contribution in [1.29, 1.82) is 0 Å². The summed E-state index contributed by atoms with van der Waals surface area (Å²) in [4.78, 5) is 37.6. The fraction of sp³-hybridized carbons (Fsp3) is 0.609. The molecule has 0 saturated heterocycles. The Hall–Kier alpha value is -2.62. The third kappa shape index (κ3) is 9.03. The van der Waals surface area contributed by atoms with Crippen LogP contribution >= 0.6 is 0 Å². The van der Waals surface area contributed by atoms with E-state index in [-0.39, 0.29) is 35.9 Å². The molecule has 0 bridgehead atoms. The van der Waals surface area contributed by atoms with Crippen LogP contribution in [0.3, 0.4) is 0 Å². The lowest BCUT2D eigenvalue weighted by molar-refractivity contribution is -0.174. The molecule has 1 aromatic carbocycles. The highest BCUT2D eigenvalue weighted by Gasteiger charge is 2.41. The van der Waals surface area contributed by atoms with E-state index in [1.165, 1.54) is 0 Å². The van der Waals surface area contributed by atoms with E-state index in [0.29, 0.717) is 19.4 Å². The Labute approximate surface area is 192 Å². The molecule has 2 atom stereocenters. The molecule has 7 nitrogen and oxygen atoms in total. The van der Waals surface area contributed by atoms with Crippen molar-refractivity contribution in [1.82, 2.24) is 10.6 Å². The maximum atomic E-state index is 13.3. The van der Waals surface area contributed by atoms with E-state index in [4.69, 9.17) is 11.5 Å². The summed E-state index contributed by atoms with van der Waals surface area (Å²) in [6.45, 7) is 7.92. The third-order valence-corrected chi connectivity index (χ3v) is 5.18. The van der Waals surface area contributed by atoms with E-state index < -0.39 is 35.9 Å². The molecular formula is C23H35F3N4O3. The van der Waals surface area contributed by atoms with E-state index >= 15 is 0 Å². The molecule has 186 valence electrons. The Bertz CT molecular complexity index is 826. The summed E-state index contributed by atoms with van der Waals surface area (Å²) in [6.07, 6.45) is -4.13. The van der Waals surface area contributed by atoms with E-state index in [0.717, 1.165) is 5.56 Å². The van der Waals surface area contributed by atoms with Gasteiger partial charge in [-0.15, -0.1) is 0 Å². The number of anilines is 1. The molecule has 0 unspecified atom stereocenters. The SMILES string of the molecule is CC(C)C[C@H](NC(=O)[C@H](CCCCN)NC(=O)C(F)(F)F)C(=O)c1cc(C(C)C)ccc1N. The van der Waals surface area contributed by atoms with Crippen molar-refractivity contribution in [3.8, 4) is 0 Å². The van der Waals surface area contributed by atoms with Gasteiger partial charge in [0, 0.05) is 11.3 Å². The number of hydrogen-bond donors (Lipinski definition) is 4. The zero-order valence-corrected chi connectivity index (χ0v) is 19.6. The first kappa shape index (κ1) is 28.4. The molecule has 1 rings (SSSR count). The number of nitrogens with one attached hydrogen (secondary N) is 2. The molecule has 0 aliphatic rings. The number of Topliss-reactive ketones (excluding diaryl/α,β-unsaturated/α-hetero) is 1. The molecular weight excluding hydrogens is 437 g/mol. The van der Waals surface area contributed by atoms with E-state index in [1.807, 2.05) is 33.8 Å². The molecule has 0 spiro atoms. The number of rotatable bonds is 12. The van der Waals surface area contributed by atoms with Gasteiger partial charge < -0.3 is 22.1 Å². The van der Waals surface area contributed by atoms with Gasteiger partial charge in [-0.05, 0) is 61.8 Å². The van der Waals surface area contributed by atoms with Gasteiger partial charge in [0.2, 0.25) is 5.91 Å². The first-order chi connectivity index (χ1) is 15.3. The Morgan fingerprint density at radius 1 is 1.00 bits per heavy atom. The zero-order chi connectivity index (χ0) is 25.3. The monoisotopic (exact) mass is 472 g/mol. The largest absolute Gasteiger partial charge is 0.471 e. The van der Waals surface area contributed by atoms with Gasteiger partial charge in [0.1, 0.15) is 6.04 Å². The summed E-state index contributed by atoms with van der Waals surface area (Å²) < 4.78 is 38.3. The van der Waals surface area contributed by atoms with Crippen LogP contribution < -0.4 is 22.1 Å². The summed E-state index contributed by atoms with van der Waals surface area (Å²) >= 11 is 0. The molecule has 0 aliphatic heterocycles. The van der Waals surface area contributed by atoms with Crippen molar-refractivity contribution in [3.63, 3.8) is 0 Å². The average molecular weight is 473 g/mol. The van der Waals surface area contributed by atoms with Crippen molar-refractivity contribution in [2.45, 2.75) is 77.6 Å². The topological polar surface area (TPSA) is 127 Å². The highest BCUT2D eigenvalue weighted by molar-refractivity contribution is 6.06. The lowest BCUT2D eigenvalue weighted by Gasteiger charge is -2.25. The predicted molar refractivity (Wildman–Crippen MR) is 122 cm³/mol. The first-order valence-electron chi connectivity index (χ1n) is 11.1. The van der Waals surface area contributed by atoms with Crippen molar-refractivity contribution in [3.05, 3.63) is 29.3 Å². The van der Waals surface area contributed by atoms with Gasteiger partial charge in [-0.25, -0.2) is 0 Å². The van der Waals surface area contributed by atoms with Gasteiger partial charge in [-0.1, -0.05) is 33.8 Å². The zero-order valence-electron chi connectivity index (χ0n) is 19.6. The lowest BCUT2D eigenvalue weighted by Crippen LogP contribution is -2.54. The minimum Gasteiger partial charge on any atom is -0.398 e. The van der Waals surface area contributed by atoms with E-state index in [1.54, 1.807) is 17.4 Å². The number of carbonyl (C=O) groups excluding carboxylic acids is 3. The first-order valence-corrected chi connectivity index (χ1v) is 11.1. The van der Waals surface area contributed by atoms with Crippen LogP contribution in [0.4, 0.5) is 18.9 Å². The van der Waals surface area contributed by atoms with Gasteiger partial charge in [0.15, 0.2) is 5.78 Å². The minimum absolute atomic E-state index is 0.00536. The van der Waals surface area contributed by atoms with Gasteiger partial charge in [0.05, 0.1) is 6.04 Å². The van der Waals surface area contributed by atoms with Crippen LogP contribution in [0.25, 0.3) is 0 Å². The number of nitrogen functional groups attached to an aromatic ring is 1. The van der Waals surface area contributed by atoms with Gasteiger partial charge in [0.25, 0.3) is 0 Å². The average Bonchev–Trinajstić information content (AvgIpc) is 2.71. The summed E-state index contributed by atoms with van der Waals surface area (Å²) in [6, 6.07) is 2.64. The number of unbranched alkanes of at least 4 members (excludes halogenated alkanes) is 1. The molecule has 0 heterocycles. The van der Waals surface area contributed by atoms with Gasteiger partial charge in [-0.3, -0.25) is 14.4 Å². The Morgan fingerprint density at radius 3 is 2.15 bits per heavy atom. The fourth-order valence-electron chi connectivity index (χ4n) is 3.31. The molecule has 0 saturated carbocycles. The normalized spacial score (nSPS) is 13.6. The predicted octanol–water partition coefficient (Wildman–Crippen LogP) is 3.28. The molecule has 2 amide bonds. The highest BCUT2D eigenvalue weighted by Crippen LogP contribution is 2.23. The van der Waals surface area contributed by atoms with E-state index in [9.17, 15) is 27.6 Å². The molecule has 0 radical (unpaired) electrons. The Morgan fingerprint density at radius 2 is 1.64 bits per heavy atom. The maximum Gasteiger partial charge on any atom is 0.471 e. The molecule has 0 aliphatic carbocycles. The number of hydrogen-bond acceptors (Lipinski definition) is 5. The molecule has 1 aromatic rings. The van der Waals surface area contributed by atoms with Crippen LogP contribution in [-0.2, 0) is 9.59 Å². The number of amides is 2. The number of alkyl halides is 3. The smallest absolute Gasteiger partial charge is 0.398 e. The number of nitrogens with two attached hydrogens (primary N) is 2. The molecule has 0 aromatic heterocycles. The van der Waals surface area contributed by atoms with Crippen molar-refractivity contribution < 1.29 is 27.6 Å². The number of ketones is 1. The second-order valence-electron chi connectivity index (χ2n) is 8.86. The number of halogens is 3. The van der Waals surface area contributed by atoms with Crippen LogP contribution in [0, 0.1) is 5.92 Å². The van der Waals surface area contributed by atoms with Crippen LogP contribution in [0.15, 0.2) is 18.2 Å². The number of benzene rings is 1. The molecule has 10 heteroatoms. The molecule has 33 heavy (non-hydrogen) atoms. The summed E-state index contributed by atoms with van der Waals surface area (Å²) in [5.74, 6) is -3.37. The second kappa shape index (κ2) is 12.6. The number of carbonyl (C=O) groups is 3.